The van der Waals surface area contributed by atoms with Crippen molar-refractivity contribution in [2.45, 2.75) is 369 Å². The third-order valence-corrected chi connectivity index (χ3v) is 18.6. The van der Waals surface area contributed by atoms with Gasteiger partial charge in [-0.2, -0.15) is 0 Å². The number of carbonyl (C=O) groups excluding carboxylic acids is 4. The second-order valence-electron chi connectivity index (χ2n) is 27.3. The largest absolute Gasteiger partial charge is 0.472 e. The van der Waals surface area contributed by atoms with E-state index in [0.29, 0.717) is 31.6 Å². The predicted molar refractivity (Wildman–Crippen MR) is 363 cm³/mol. The van der Waals surface area contributed by atoms with Crippen LogP contribution in [0.15, 0.2) is 0 Å². The Balaban J connectivity index is 5.20. The van der Waals surface area contributed by atoms with Gasteiger partial charge in [0.05, 0.1) is 26.4 Å². The third kappa shape index (κ3) is 63.5. The molecular weight excluding hydrogens is 1190 g/mol. The second kappa shape index (κ2) is 60.7. The van der Waals surface area contributed by atoms with Gasteiger partial charge in [0.25, 0.3) is 0 Å². The Labute approximate surface area is 549 Å². The summed E-state index contributed by atoms with van der Waals surface area (Å²) in [4.78, 5) is 72.5. The van der Waals surface area contributed by atoms with Crippen LogP contribution >= 0.6 is 15.6 Å². The molecule has 17 nitrogen and oxygen atoms in total. The van der Waals surface area contributed by atoms with Crippen molar-refractivity contribution in [2.75, 3.05) is 39.6 Å². The summed E-state index contributed by atoms with van der Waals surface area (Å²) in [5.41, 5.74) is 0. The van der Waals surface area contributed by atoms with Crippen molar-refractivity contribution in [2.24, 2.45) is 23.7 Å². The fourth-order valence-electron chi connectivity index (χ4n) is 10.6. The van der Waals surface area contributed by atoms with Crippen molar-refractivity contribution < 1.29 is 80.2 Å². The minimum absolute atomic E-state index is 0.103. The molecule has 0 bridgehead atoms. The highest BCUT2D eigenvalue weighted by Gasteiger charge is 2.30. The Hall–Kier alpha value is -1.94. The fourth-order valence-corrected chi connectivity index (χ4v) is 12.2. The van der Waals surface area contributed by atoms with E-state index in [1.807, 2.05) is 0 Å². The molecule has 3 unspecified atom stereocenters. The molecule has 0 fully saturated rings. The molecule has 0 aromatic rings. The van der Waals surface area contributed by atoms with Crippen molar-refractivity contribution in [3.8, 4) is 0 Å². The molecule has 0 aliphatic rings. The maximum absolute atomic E-state index is 13.0. The number of hydrogen-bond donors (Lipinski definition) is 3. The fraction of sp³-hybridized carbons (Fsp3) is 0.944. The molecule has 0 aliphatic heterocycles. The zero-order chi connectivity index (χ0) is 66.8. The molecule has 90 heavy (non-hydrogen) atoms. The van der Waals surface area contributed by atoms with Crippen LogP contribution in [0.2, 0.25) is 0 Å². The number of phosphoric acid groups is 2. The van der Waals surface area contributed by atoms with E-state index in [0.717, 1.165) is 120 Å². The molecule has 0 heterocycles. The Morgan fingerprint density at radius 1 is 0.311 bits per heavy atom. The van der Waals surface area contributed by atoms with Crippen LogP contribution in [0.5, 0.6) is 0 Å². The van der Waals surface area contributed by atoms with Crippen LogP contribution in [0.1, 0.15) is 351 Å². The smallest absolute Gasteiger partial charge is 0.462 e. The molecule has 534 valence electrons. The van der Waals surface area contributed by atoms with Crippen LogP contribution in [0, 0.1) is 23.7 Å². The van der Waals surface area contributed by atoms with Crippen LogP contribution in [0.25, 0.3) is 0 Å². The van der Waals surface area contributed by atoms with E-state index in [1.165, 1.54) is 141 Å². The van der Waals surface area contributed by atoms with Gasteiger partial charge >= 0.3 is 39.5 Å². The summed E-state index contributed by atoms with van der Waals surface area (Å²) in [7, 11) is -9.90. The number of unbranched alkanes of at least 4 members (excludes halogenated alkanes) is 33. The number of esters is 4. The van der Waals surface area contributed by atoms with Crippen molar-refractivity contribution in [3.63, 3.8) is 0 Å². The highest BCUT2D eigenvalue weighted by Crippen LogP contribution is 2.45. The Morgan fingerprint density at radius 2 is 0.533 bits per heavy atom. The lowest BCUT2D eigenvalue weighted by Crippen LogP contribution is -2.30. The SMILES string of the molecule is CCC(C)CCCCCCCCC(=O)OC[C@H](COP(=O)(O)OC[C@H](O)COP(=O)(O)OC[C@@H](COC(=O)CCCCCCCCCC(C)C)OC(=O)CCCCCCCCCCCCCCCCCCC(C)C)OC(=O)CCCCCCCCCCC(C)C. The van der Waals surface area contributed by atoms with Gasteiger partial charge in [-0.25, -0.2) is 9.13 Å². The van der Waals surface area contributed by atoms with Crippen LogP contribution in [-0.2, 0) is 65.4 Å². The summed E-state index contributed by atoms with van der Waals surface area (Å²) in [5, 5.41) is 10.6. The maximum atomic E-state index is 13.0. The van der Waals surface area contributed by atoms with Gasteiger partial charge in [0.15, 0.2) is 12.2 Å². The van der Waals surface area contributed by atoms with Gasteiger partial charge < -0.3 is 33.8 Å². The van der Waals surface area contributed by atoms with Crippen LogP contribution in [-0.4, -0.2) is 96.7 Å². The van der Waals surface area contributed by atoms with E-state index >= 15 is 0 Å². The number of aliphatic hydroxyl groups excluding tert-OH is 1. The van der Waals surface area contributed by atoms with Crippen molar-refractivity contribution in [3.05, 3.63) is 0 Å². The summed E-state index contributed by atoms with van der Waals surface area (Å²) in [6, 6.07) is 0. The highest BCUT2D eigenvalue weighted by molar-refractivity contribution is 7.47. The van der Waals surface area contributed by atoms with E-state index in [-0.39, 0.29) is 25.7 Å². The number of carbonyl (C=O) groups is 4. The molecule has 6 atom stereocenters. The minimum atomic E-state index is -4.95. The lowest BCUT2D eigenvalue weighted by Gasteiger charge is -2.21. The molecule has 0 spiro atoms. The molecule has 0 aliphatic carbocycles. The molecule has 0 saturated heterocycles. The predicted octanol–water partition coefficient (Wildman–Crippen LogP) is 20.1. The van der Waals surface area contributed by atoms with E-state index in [9.17, 15) is 43.2 Å². The Morgan fingerprint density at radius 3 is 0.789 bits per heavy atom. The van der Waals surface area contributed by atoms with Crippen molar-refractivity contribution >= 4 is 39.5 Å². The average Bonchev–Trinajstić information content (AvgIpc) is 3.05. The molecule has 0 saturated carbocycles. The van der Waals surface area contributed by atoms with E-state index < -0.39 is 97.5 Å². The van der Waals surface area contributed by atoms with Crippen LogP contribution in [0.3, 0.4) is 0 Å². The van der Waals surface area contributed by atoms with E-state index in [2.05, 4.69) is 55.4 Å². The second-order valence-corrected chi connectivity index (χ2v) is 30.2. The summed E-state index contributed by atoms with van der Waals surface area (Å²) in [5.74, 6) is 0.832. The third-order valence-electron chi connectivity index (χ3n) is 16.7. The molecule has 0 aromatic heterocycles. The summed E-state index contributed by atoms with van der Waals surface area (Å²) in [6.45, 7) is 14.0. The normalized spacial score (nSPS) is 14.6. The van der Waals surface area contributed by atoms with Gasteiger partial charge in [-0.3, -0.25) is 37.3 Å². The highest BCUT2D eigenvalue weighted by atomic mass is 31.2. The maximum Gasteiger partial charge on any atom is 0.472 e. The van der Waals surface area contributed by atoms with Crippen molar-refractivity contribution in [1.29, 1.82) is 0 Å². The van der Waals surface area contributed by atoms with Gasteiger partial charge in [0.2, 0.25) is 0 Å². The molecule has 0 aromatic carbocycles. The molecular formula is C71H138O17P2. The Kier molecular flexibility index (Phi) is 59.4. The molecule has 0 rings (SSSR count). The first-order chi connectivity index (χ1) is 43.1. The van der Waals surface area contributed by atoms with Gasteiger partial charge in [-0.15, -0.1) is 0 Å². The first kappa shape index (κ1) is 88.1. The number of hydrogen-bond acceptors (Lipinski definition) is 15. The molecule has 19 heteroatoms. The van der Waals surface area contributed by atoms with Gasteiger partial charge in [-0.1, -0.05) is 299 Å². The van der Waals surface area contributed by atoms with Gasteiger partial charge in [0, 0.05) is 25.7 Å². The zero-order valence-electron chi connectivity index (χ0n) is 58.8. The van der Waals surface area contributed by atoms with Crippen molar-refractivity contribution in [1.82, 2.24) is 0 Å². The van der Waals surface area contributed by atoms with Gasteiger partial charge in [0.1, 0.15) is 19.3 Å². The molecule has 0 radical (unpaired) electrons. The average molecular weight is 1330 g/mol. The monoisotopic (exact) mass is 1320 g/mol. The van der Waals surface area contributed by atoms with E-state index in [1.54, 1.807) is 0 Å². The topological polar surface area (TPSA) is 237 Å². The summed E-state index contributed by atoms with van der Waals surface area (Å²) in [6.07, 6.45) is 43.3. The first-order valence-corrected chi connectivity index (χ1v) is 39.7. The Bertz CT molecular complexity index is 1780. The summed E-state index contributed by atoms with van der Waals surface area (Å²) < 4.78 is 68.3. The quantitative estimate of drug-likeness (QED) is 0.0222. The zero-order valence-corrected chi connectivity index (χ0v) is 60.6. The van der Waals surface area contributed by atoms with Crippen LogP contribution < -0.4 is 0 Å². The standard InChI is InChI=1S/C71H138O17P2/c1-9-64(8)50-42-34-29-30-36-44-52-69(74)82-58-67(88-71(76)54-46-38-27-21-20-24-32-40-48-62(4)5)60-86-90(79,80)84-56-65(72)55-83-89(77,78)85-59-66(57-81-68(73)51-43-35-28-22-25-33-41-49-63(6)7)87-70(75)53-45-37-26-19-17-15-13-11-10-12-14-16-18-23-31-39-47-61(2)3/h61-67,72H,9-60H2,1-8H3,(H,77,78)(H,79,80)/t64?,65-,66-,67-/m1/s1. The van der Waals surface area contributed by atoms with E-state index in [4.69, 9.17) is 37.0 Å². The number of phosphoric ester groups is 2. The minimum Gasteiger partial charge on any atom is -0.462 e. The lowest BCUT2D eigenvalue weighted by atomic mass is 10.00. The number of ether oxygens (including phenoxy) is 4. The molecule has 3 N–H and O–H groups in total. The molecule has 0 amide bonds. The van der Waals surface area contributed by atoms with Crippen LogP contribution in [0.4, 0.5) is 0 Å². The number of rotatable bonds is 68. The van der Waals surface area contributed by atoms with Gasteiger partial charge in [-0.05, 0) is 49.4 Å². The number of aliphatic hydroxyl groups is 1. The first-order valence-electron chi connectivity index (χ1n) is 36.7. The lowest BCUT2D eigenvalue weighted by molar-refractivity contribution is -0.161. The summed E-state index contributed by atoms with van der Waals surface area (Å²) >= 11 is 0.